The summed E-state index contributed by atoms with van der Waals surface area (Å²) in [7, 11) is 0. The molecule has 35 N–H and O–H groups in total. The van der Waals surface area contributed by atoms with Crippen LogP contribution in [0.25, 0.3) is 0 Å². The molecular weight excluding hydrogens is 1880 g/mol. The van der Waals surface area contributed by atoms with Crippen molar-refractivity contribution in [3.8, 4) is 0 Å². The Morgan fingerprint density at radius 1 is 0.190 bits per heavy atom. The van der Waals surface area contributed by atoms with Crippen LogP contribution >= 0.6 is 0 Å². The third kappa shape index (κ3) is 25.0. The van der Waals surface area contributed by atoms with Crippen molar-refractivity contribution in [1.82, 2.24) is 26.6 Å². The number of ether oxygens (including phenoxy) is 21. The van der Waals surface area contributed by atoms with Crippen molar-refractivity contribution in [2.24, 2.45) is 0 Å². The Morgan fingerprint density at radius 2 is 0.416 bits per heavy atom. The van der Waals surface area contributed by atoms with Gasteiger partial charge in [-0.05, 0) is 0 Å². The van der Waals surface area contributed by atoms with Gasteiger partial charge in [0.25, 0.3) is 0 Å². The monoisotopic (exact) mass is 2010 g/mol. The van der Waals surface area contributed by atoms with E-state index in [1.54, 1.807) is 0 Å². The van der Waals surface area contributed by atoms with Gasteiger partial charge in [0.05, 0.1) is 72.7 Å². The van der Waals surface area contributed by atoms with Gasteiger partial charge < -0.3 is 279 Å². The predicted molar refractivity (Wildman–Crippen MR) is 420 cm³/mol. The first-order valence-electron chi connectivity index (χ1n) is 43.7. The van der Waals surface area contributed by atoms with Crippen LogP contribution in [-0.2, 0) is 123 Å². The van der Waals surface area contributed by atoms with Gasteiger partial charge in [-0.1, -0.05) is 0 Å². The van der Waals surface area contributed by atoms with Crippen LogP contribution < -0.4 is 26.6 Å². The van der Waals surface area contributed by atoms with Crippen LogP contribution in [-0.4, -0.2) is 593 Å². The molecule has 137 heavy (non-hydrogen) atoms. The lowest BCUT2D eigenvalue weighted by molar-refractivity contribution is -0.409. The minimum absolute atomic E-state index is 0.838. The average molecular weight is 2010 g/mol. The highest BCUT2D eigenvalue weighted by Crippen LogP contribution is 2.43. The maximum atomic E-state index is 13.4. The number of hydrogen-bond donors (Lipinski definition) is 35. The van der Waals surface area contributed by atoms with E-state index in [0.717, 1.165) is 34.6 Å². The molecule has 0 radical (unpaired) electrons. The molecule has 0 aromatic carbocycles. The summed E-state index contributed by atoms with van der Waals surface area (Å²) in [6, 6.07) is -10.0. The number of aliphatic hydroxyl groups excluding tert-OH is 30. The predicted octanol–water partition coefficient (Wildman–Crippen LogP) is -24.3. The minimum Gasteiger partial charge on any atom is -0.394 e. The summed E-state index contributed by atoms with van der Waals surface area (Å²) in [5, 5.41) is 350. The van der Waals surface area contributed by atoms with Crippen LogP contribution in [0.1, 0.15) is 34.6 Å². The van der Waals surface area contributed by atoms with E-state index in [4.69, 9.17) is 99.5 Å². The highest BCUT2D eigenvalue weighted by atomic mass is 16.8. The minimum atomic E-state index is -2.81. The standard InChI is InChI=1S/C76H127N5O56/c1-17(92)77-33-45(104)57(28(12-88)118-66(33)116)129-68-35(79-19(3)94)46(105)60(30(14-90)125-68)132-74-56(115)63(135-76-65(52(111)42(101)26(10-86)124-76)137-70-37(81-21(5)96)47(106)58(29(13-89)127-70)130-71-53(112)49(108)39(98)23(7-83)120-71)61(133-67-34(78-18(2)93)44(103)38(97)22(6-82)119-67)32(128-74)16-117-75-64(51(110)41(100)25(9-85)123-75)136-69-36(80-20(4)95)48(107)59(31(15-91)126-69)131-73-55(114)62(43(102)27(11-87)122-73)134-72-54(113)50(109)40(99)24(8-84)121-72/h22-76,82-91,97-116H,6-16H2,1-5H3,(H,77,92)(H,78,93)(H,79,94)(H,80,95)(H,81,96)/t22-,23-,24-,25-,26-,27-,28-,29-,30-,31-,32-,33-,34-,35-,36-,37-,38-,39+,40+,41-,42-,43+,44-,45-,46-,47-,48-,49+,50+,51+,52+,53-,54-,55-,56+,57-,58-,59-,60-,61-,62+,63-,64+,65+,66?,67+,68+,69+,70+,71+,72-,73+,74+,75+,76-/m1/s1. The highest BCUT2D eigenvalue weighted by molar-refractivity contribution is 5.75. The summed E-state index contributed by atoms with van der Waals surface area (Å²) in [6.07, 6.45) is -110. The van der Waals surface area contributed by atoms with Crippen molar-refractivity contribution in [3.05, 3.63) is 0 Å². The van der Waals surface area contributed by atoms with Gasteiger partial charge in [0, 0.05) is 34.6 Å². The van der Waals surface area contributed by atoms with Gasteiger partial charge in [0.15, 0.2) is 69.2 Å². The molecule has 11 aliphatic heterocycles. The molecule has 792 valence electrons. The maximum absolute atomic E-state index is 13.4. The lowest BCUT2D eigenvalue weighted by Crippen LogP contribution is -2.71. The lowest BCUT2D eigenvalue weighted by Gasteiger charge is -2.52. The number of nitrogens with one attached hydrogen (secondary N) is 5. The first-order valence-corrected chi connectivity index (χ1v) is 43.7. The molecule has 0 spiro atoms. The molecule has 0 bridgehead atoms. The number of hydrogen-bond acceptors (Lipinski definition) is 56. The van der Waals surface area contributed by atoms with E-state index in [9.17, 15) is 177 Å². The van der Waals surface area contributed by atoms with Crippen molar-refractivity contribution < 1.29 is 277 Å². The second-order valence-corrected chi connectivity index (χ2v) is 34.5. The molecule has 11 aliphatic rings. The fraction of sp³-hybridized carbons (Fsp3) is 0.934. The second kappa shape index (κ2) is 49.5. The number of amides is 5. The molecule has 0 aromatic rings. The van der Waals surface area contributed by atoms with Gasteiger partial charge in [0.2, 0.25) is 29.5 Å². The molecule has 55 atom stereocenters. The van der Waals surface area contributed by atoms with E-state index >= 15 is 0 Å². The van der Waals surface area contributed by atoms with Crippen LogP contribution in [0.15, 0.2) is 0 Å². The lowest BCUT2D eigenvalue weighted by atomic mass is 9.93. The molecule has 0 saturated carbocycles. The van der Waals surface area contributed by atoms with Crippen molar-refractivity contribution in [2.45, 2.75) is 372 Å². The van der Waals surface area contributed by atoms with E-state index in [2.05, 4.69) is 26.6 Å². The van der Waals surface area contributed by atoms with E-state index < -0.39 is 440 Å². The summed E-state index contributed by atoms with van der Waals surface area (Å²) in [6.45, 7) is -8.62. The first kappa shape index (κ1) is 113. The van der Waals surface area contributed by atoms with Gasteiger partial charge >= 0.3 is 0 Å². The van der Waals surface area contributed by atoms with Crippen molar-refractivity contribution in [2.75, 3.05) is 72.7 Å². The fourth-order valence-corrected chi connectivity index (χ4v) is 17.8. The molecule has 11 saturated heterocycles. The number of aliphatic hydroxyl groups is 30. The highest BCUT2D eigenvalue weighted by Gasteiger charge is 2.64. The van der Waals surface area contributed by atoms with E-state index in [0.29, 0.717) is 0 Å². The van der Waals surface area contributed by atoms with Gasteiger partial charge in [-0.25, -0.2) is 0 Å². The fourth-order valence-electron chi connectivity index (χ4n) is 17.8. The molecule has 61 heteroatoms. The molecule has 11 heterocycles. The molecule has 11 rings (SSSR count). The van der Waals surface area contributed by atoms with Gasteiger partial charge in [-0.2, -0.15) is 0 Å². The van der Waals surface area contributed by atoms with Gasteiger partial charge in [-0.15, -0.1) is 0 Å². The van der Waals surface area contributed by atoms with E-state index in [-0.39, 0.29) is 0 Å². The average Bonchev–Trinajstić information content (AvgIpc) is 0.770. The Kier molecular flexibility index (Phi) is 40.7. The third-order valence-electron chi connectivity index (χ3n) is 25.0. The van der Waals surface area contributed by atoms with Crippen molar-refractivity contribution in [3.63, 3.8) is 0 Å². The van der Waals surface area contributed by atoms with Crippen molar-refractivity contribution >= 4 is 29.5 Å². The molecule has 11 fully saturated rings. The van der Waals surface area contributed by atoms with Crippen LogP contribution in [0.5, 0.6) is 0 Å². The summed E-state index contributed by atoms with van der Waals surface area (Å²) in [5.41, 5.74) is 0. The largest absolute Gasteiger partial charge is 0.394 e. The first-order chi connectivity index (χ1) is 64.9. The van der Waals surface area contributed by atoms with Crippen LogP contribution in [0, 0.1) is 0 Å². The van der Waals surface area contributed by atoms with Gasteiger partial charge in [0.1, 0.15) is 268 Å². The van der Waals surface area contributed by atoms with Gasteiger partial charge in [-0.3, -0.25) is 24.0 Å². The normalized spacial score (nSPS) is 48.9. The summed E-state index contributed by atoms with van der Waals surface area (Å²) >= 11 is 0. The van der Waals surface area contributed by atoms with E-state index in [1.807, 2.05) is 0 Å². The van der Waals surface area contributed by atoms with Crippen molar-refractivity contribution in [1.29, 1.82) is 0 Å². The Balaban J connectivity index is 0.997. The molecule has 0 aromatic heterocycles. The Hall–Kier alpha value is -4.69. The summed E-state index contributed by atoms with van der Waals surface area (Å²) < 4.78 is 127. The molecule has 61 nitrogen and oxygen atoms in total. The maximum Gasteiger partial charge on any atom is 0.217 e. The number of rotatable bonds is 36. The molecule has 1 unspecified atom stereocenters. The molecule has 0 aliphatic carbocycles. The van der Waals surface area contributed by atoms with E-state index in [1.165, 1.54) is 0 Å². The zero-order valence-electron chi connectivity index (χ0n) is 73.6. The molecular formula is C76H127N5O56. The topological polar surface area (TPSA) is 946 Å². The smallest absolute Gasteiger partial charge is 0.217 e. The summed E-state index contributed by atoms with van der Waals surface area (Å²) in [5.74, 6) is -4.97. The van der Waals surface area contributed by atoms with Crippen LogP contribution in [0.4, 0.5) is 0 Å². The summed E-state index contributed by atoms with van der Waals surface area (Å²) in [4.78, 5) is 65.4. The zero-order chi connectivity index (χ0) is 101. The quantitative estimate of drug-likeness (QED) is 0.0277. The Bertz CT molecular complexity index is 3780. The Morgan fingerprint density at radius 3 is 0.774 bits per heavy atom. The molecule has 5 amide bonds. The van der Waals surface area contributed by atoms with Crippen LogP contribution in [0.2, 0.25) is 0 Å². The Labute approximate surface area is 775 Å². The zero-order valence-corrected chi connectivity index (χ0v) is 73.6. The SMILES string of the molecule is CC(=O)N[C@H]1[C@H](O[C@H]2[C@H](O)[C@@H](NC(C)=O)C(O)O[C@@H]2CO)O[C@H](CO)[C@@H](O[C@@H]2O[C@H](CO[C@H]3O[C@H](CO)[C@@H](O)[C@H](O)[C@@H]3O[C@@H]3O[C@H](CO)[C@@H](O[C@@H]4O[C@H](CO)[C@H](O)[C@H](O[C@H]5O[C@H](CO)[C@H](O)[C@H](O)[C@H]5O)[C@H]4O)[C@H](O)[C@H]3NC(C)=O)[C@@H](O[C@@H]3O[C@H](CO)[C@@H](O)[C@H](O)[C@H]3NC(C)=O)[C@H](O[C@H]3O[C@H](CO)[C@@H](O)[C@H](O)[C@@H]3O[C@@H]3O[C@H](CO)[C@@H](O[C@@H]4O[C@H](CO)[C@H](O)[C@H](O)[C@H]4O)[C@H](O)[C@H]3NC(C)=O)[C@@H]2O)[C@@H]1O. The van der Waals surface area contributed by atoms with Crippen LogP contribution in [0.3, 0.4) is 0 Å². The third-order valence-corrected chi connectivity index (χ3v) is 25.0. The number of carbonyl (C=O) groups excluding carboxylic acids is 5. The number of carbonyl (C=O) groups is 5. The second-order valence-electron chi connectivity index (χ2n) is 34.5.